The van der Waals surface area contributed by atoms with E-state index >= 15 is 0 Å². The summed E-state index contributed by atoms with van der Waals surface area (Å²) >= 11 is 1.32. The maximum atomic E-state index is 12.5. The molecule has 3 amide bonds. The number of nitrogens with two attached hydrogens (primary N) is 1. The molecule has 0 fully saturated rings. The van der Waals surface area contributed by atoms with Crippen LogP contribution in [0.2, 0.25) is 0 Å². The summed E-state index contributed by atoms with van der Waals surface area (Å²) in [5.41, 5.74) is 8.01. The van der Waals surface area contributed by atoms with Gasteiger partial charge in [-0.1, -0.05) is 74.1 Å². The van der Waals surface area contributed by atoms with Crippen LogP contribution in [0, 0.1) is 5.92 Å². The van der Waals surface area contributed by atoms with E-state index in [9.17, 15) is 9.59 Å². The zero-order chi connectivity index (χ0) is 20.1. The second-order valence-electron chi connectivity index (χ2n) is 6.60. The smallest absolute Gasteiger partial charge is 0.318 e. The van der Waals surface area contributed by atoms with E-state index in [1.54, 1.807) is 6.20 Å². The lowest BCUT2D eigenvalue weighted by Gasteiger charge is -2.19. The van der Waals surface area contributed by atoms with Crippen molar-refractivity contribution in [2.75, 3.05) is 0 Å². The van der Waals surface area contributed by atoms with E-state index in [4.69, 9.17) is 5.73 Å². The molecular formula is C21H22N4O2S. The molecule has 3 aromatic rings. The van der Waals surface area contributed by atoms with Crippen LogP contribution in [-0.4, -0.2) is 26.7 Å². The average Bonchev–Trinajstić information content (AvgIpc) is 3.10. The minimum absolute atomic E-state index is 0.0227. The lowest BCUT2D eigenvalue weighted by atomic mass is 10.1. The number of rotatable bonds is 6. The molecule has 1 atom stereocenters. The molecule has 6 nitrogen and oxygen atoms in total. The Labute approximate surface area is 168 Å². The van der Waals surface area contributed by atoms with Crippen LogP contribution in [0.25, 0.3) is 16.9 Å². The number of nitrogens with zero attached hydrogens (tertiary/aromatic N) is 2. The largest absolute Gasteiger partial charge is 0.351 e. The van der Waals surface area contributed by atoms with Gasteiger partial charge in [0.25, 0.3) is 0 Å². The Morgan fingerprint density at radius 1 is 1.04 bits per heavy atom. The van der Waals surface area contributed by atoms with E-state index in [-0.39, 0.29) is 5.92 Å². The first-order chi connectivity index (χ1) is 13.5. The van der Waals surface area contributed by atoms with Crippen LogP contribution in [0.5, 0.6) is 0 Å². The topological polar surface area (TPSA) is 90.0 Å². The van der Waals surface area contributed by atoms with E-state index in [0.29, 0.717) is 5.16 Å². The molecule has 1 unspecified atom stereocenters. The van der Waals surface area contributed by atoms with Crippen LogP contribution in [0.3, 0.4) is 0 Å². The fourth-order valence-corrected chi connectivity index (χ4v) is 3.94. The minimum Gasteiger partial charge on any atom is -0.351 e. The van der Waals surface area contributed by atoms with Crippen molar-refractivity contribution in [3.63, 3.8) is 0 Å². The number of para-hydroxylation sites is 1. The third-order valence-corrected chi connectivity index (χ3v) is 5.67. The summed E-state index contributed by atoms with van der Waals surface area (Å²) in [4.78, 5) is 28.2. The second-order valence-corrected chi connectivity index (χ2v) is 7.71. The highest BCUT2D eigenvalue weighted by atomic mass is 32.2. The Balaban J connectivity index is 2.05. The molecule has 0 saturated heterocycles. The zero-order valence-corrected chi connectivity index (χ0v) is 16.5. The Morgan fingerprint density at radius 2 is 1.64 bits per heavy atom. The Bertz CT molecular complexity index is 955. The fraction of sp³-hybridized carbons (Fsp3) is 0.190. The molecule has 3 rings (SSSR count). The van der Waals surface area contributed by atoms with Gasteiger partial charge in [0, 0.05) is 11.3 Å². The molecule has 144 valence electrons. The molecule has 0 radical (unpaired) electrons. The number of benzene rings is 2. The van der Waals surface area contributed by atoms with Crippen LogP contribution in [-0.2, 0) is 4.79 Å². The molecule has 28 heavy (non-hydrogen) atoms. The number of hydrogen-bond donors (Lipinski definition) is 2. The van der Waals surface area contributed by atoms with Crippen molar-refractivity contribution in [1.82, 2.24) is 14.9 Å². The van der Waals surface area contributed by atoms with E-state index < -0.39 is 17.2 Å². The third-order valence-electron chi connectivity index (χ3n) is 4.16. The maximum absolute atomic E-state index is 12.5. The van der Waals surface area contributed by atoms with Crippen molar-refractivity contribution in [3.8, 4) is 16.9 Å². The number of amides is 3. The highest BCUT2D eigenvalue weighted by molar-refractivity contribution is 8.00. The summed E-state index contributed by atoms with van der Waals surface area (Å²) in [6.45, 7) is 3.85. The molecule has 7 heteroatoms. The van der Waals surface area contributed by atoms with Crippen molar-refractivity contribution in [2.24, 2.45) is 11.7 Å². The van der Waals surface area contributed by atoms with Gasteiger partial charge < -0.3 is 5.73 Å². The van der Waals surface area contributed by atoms with Gasteiger partial charge in [-0.3, -0.25) is 14.7 Å². The summed E-state index contributed by atoms with van der Waals surface area (Å²) in [6.07, 6.45) is 1.80. The van der Waals surface area contributed by atoms with Crippen molar-refractivity contribution < 1.29 is 9.59 Å². The van der Waals surface area contributed by atoms with Crippen LogP contribution in [0.4, 0.5) is 4.79 Å². The van der Waals surface area contributed by atoms with E-state index in [1.165, 1.54) is 11.8 Å². The normalized spacial score (nSPS) is 12.0. The number of imide groups is 1. The van der Waals surface area contributed by atoms with Crippen molar-refractivity contribution >= 4 is 23.7 Å². The fourth-order valence-electron chi connectivity index (χ4n) is 2.86. The van der Waals surface area contributed by atoms with Gasteiger partial charge in [-0.05, 0) is 18.1 Å². The highest BCUT2D eigenvalue weighted by Gasteiger charge is 2.27. The molecule has 3 N–H and O–H groups in total. The standard InChI is InChI=1S/C21H22N4O2S/c1-14(2)18(19(26)24-20(22)27)28-21-23-13-17(15-9-5-3-6-10-15)25(21)16-11-7-4-8-12-16/h3-14,18H,1-2H3,(H3,22,24,26,27). The number of carbonyl (C=O) groups excluding carboxylic acids is 2. The van der Waals surface area contributed by atoms with Crippen molar-refractivity contribution in [3.05, 3.63) is 66.9 Å². The SMILES string of the molecule is CC(C)C(Sc1ncc(-c2ccccc2)n1-c1ccccc1)C(=O)NC(N)=O. The molecule has 0 spiro atoms. The molecule has 0 aliphatic rings. The monoisotopic (exact) mass is 394 g/mol. The molecule has 0 aliphatic heterocycles. The van der Waals surface area contributed by atoms with Gasteiger partial charge in [0.1, 0.15) is 0 Å². The van der Waals surface area contributed by atoms with Gasteiger partial charge in [0.2, 0.25) is 5.91 Å². The van der Waals surface area contributed by atoms with Crippen molar-refractivity contribution in [2.45, 2.75) is 24.3 Å². The quantitative estimate of drug-likeness (QED) is 0.622. The Morgan fingerprint density at radius 3 is 2.21 bits per heavy atom. The molecule has 0 bridgehead atoms. The highest BCUT2D eigenvalue weighted by Crippen LogP contribution is 2.33. The summed E-state index contributed by atoms with van der Waals surface area (Å²) in [6, 6.07) is 18.9. The summed E-state index contributed by atoms with van der Waals surface area (Å²) < 4.78 is 2.02. The Hall–Kier alpha value is -3.06. The summed E-state index contributed by atoms with van der Waals surface area (Å²) in [5.74, 6) is -0.443. The first-order valence-electron chi connectivity index (χ1n) is 8.93. The zero-order valence-electron chi connectivity index (χ0n) is 15.7. The van der Waals surface area contributed by atoms with Gasteiger partial charge in [0.15, 0.2) is 5.16 Å². The van der Waals surface area contributed by atoms with Gasteiger partial charge in [-0.2, -0.15) is 0 Å². The van der Waals surface area contributed by atoms with Crippen LogP contribution >= 0.6 is 11.8 Å². The van der Waals surface area contributed by atoms with E-state index in [1.807, 2.05) is 79.1 Å². The van der Waals surface area contributed by atoms with Crippen LogP contribution < -0.4 is 11.1 Å². The van der Waals surface area contributed by atoms with Crippen molar-refractivity contribution in [1.29, 1.82) is 0 Å². The second kappa shape index (κ2) is 8.75. The number of nitrogens with one attached hydrogen (secondary N) is 1. The van der Waals surface area contributed by atoms with Gasteiger partial charge >= 0.3 is 6.03 Å². The molecule has 1 heterocycles. The predicted molar refractivity (Wildman–Crippen MR) is 111 cm³/mol. The predicted octanol–water partition coefficient (Wildman–Crippen LogP) is 3.85. The van der Waals surface area contributed by atoms with Gasteiger partial charge in [-0.25, -0.2) is 9.78 Å². The third kappa shape index (κ3) is 4.43. The molecule has 0 saturated carbocycles. The molecule has 1 aromatic heterocycles. The number of primary amides is 1. The number of hydrogen-bond acceptors (Lipinski definition) is 4. The first-order valence-corrected chi connectivity index (χ1v) is 9.81. The van der Waals surface area contributed by atoms with E-state index in [0.717, 1.165) is 16.9 Å². The molecular weight excluding hydrogens is 372 g/mol. The number of aromatic nitrogens is 2. The number of thioether (sulfide) groups is 1. The average molecular weight is 395 g/mol. The summed E-state index contributed by atoms with van der Waals surface area (Å²) in [5, 5.41) is 2.34. The van der Waals surface area contributed by atoms with Gasteiger partial charge in [-0.15, -0.1) is 0 Å². The number of urea groups is 1. The number of carbonyl (C=O) groups is 2. The van der Waals surface area contributed by atoms with E-state index in [2.05, 4.69) is 10.3 Å². The lowest BCUT2D eigenvalue weighted by molar-refractivity contribution is -0.120. The number of imidazole rings is 1. The van der Waals surface area contributed by atoms with Crippen LogP contribution in [0.1, 0.15) is 13.8 Å². The molecule has 2 aromatic carbocycles. The molecule has 0 aliphatic carbocycles. The first kappa shape index (κ1) is 19.7. The summed E-state index contributed by atoms with van der Waals surface area (Å²) in [7, 11) is 0. The Kier molecular flexibility index (Phi) is 6.16. The maximum Gasteiger partial charge on any atom is 0.318 e. The minimum atomic E-state index is -0.854. The lowest BCUT2D eigenvalue weighted by Crippen LogP contribution is -2.42. The van der Waals surface area contributed by atoms with Crippen LogP contribution in [0.15, 0.2) is 72.0 Å². The van der Waals surface area contributed by atoms with Gasteiger partial charge in [0.05, 0.1) is 17.1 Å².